The van der Waals surface area contributed by atoms with Crippen LogP contribution in [0.15, 0.2) is 73.7 Å². The molecule has 1 aliphatic heterocycles. The molecule has 1 fully saturated rings. The van der Waals surface area contributed by atoms with Crippen molar-refractivity contribution in [1.82, 2.24) is 19.9 Å². The van der Waals surface area contributed by atoms with E-state index in [1.807, 2.05) is 47.4 Å². The summed E-state index contributed by atoms with van der Waals surface area (Å²) >= 11 is 6.53. The Morgan fingerprint density at radius 1 is 1.13 bits per heavy atom. The van der Waals surface area contributed by atoms with Gasteiger partial charge < -0.3 is 19.7 Å². The van der Waals surface area contributed by atoms with Crippen LogP contribution in [0, 0.1) is 5.92 Å². The van der Waals surface area contributed by atoms with Gasteiger partial charge in [-0.1, -0.05) is 24.2 Å². The van der Waals surface area contributed by atoms with Crippen LogP contribution in [0.4, 0.5) is 11.5 Å². The molecule has 9 heteroatoms. The molecule has 2 aromatic carbocycles. The average molecular weight is 544 g/mol. The molecular formula is C30H30ClN5O3. The molecule has 1 aliphatic rings. The van der Waals surface area contributed by atoms with Crippen LogP contribution in [0.5, 0.6) is 11.5 Å². The van der Waals surface area contributed by atoms with Crippen LogP contribution < -0.4 is 14.8 Å². The molecule has 2 aromatic heterocycles. The Labute approximate surface area is 232 Å². The third kappa shape index (κ3) is 6.29. The molecule has 1 saturated heterocycles. The van der Waals surface area contributed by atoms with Gasteiger partial charge in [0.2, 0.25) is 5.91 Å². The smallest absolute Gasteiger partial charge is 0.245 e. The van der Waals surface area contributed by atoms with E-state index in [0.717, 1.165) is 65.9 Å². The van der Waals surface area contributed by atoms with Crippen molar-refractivity contribution in [3.63, 3.8) is 0 Å². The van der Waals surface area contributed by atoms with Crippen LogP contribution >= 0.6 is 11.6 Å². The van der Waals surface area contributed by atoms with Crippen molar-refractivity contribution >= 4 is 39.9 Å². The molecule has 0 radical (unpaired) electrons. The van der Waals surface area contributed by atoms with Crippen molar-refractivity contribution in [3.05, 3.63) is 90.0 Å². The number of fused-ring (bicyclic) bond motifs is 1. The highest BCUT2D eigenvalue weighted by Crippen LogP contribution is 2.34. The van der Waals surface area contributed by atoms with Crippen LogP contribution in [0.1, 0.15) is 24.1 Å². The Hall–Kier alpha value is -4.17. The normalized spacial score (nSPS) is 13.7. The number of anilines is 2. The fourth-order valence-corrected chi connectivity index (χ4v) is 5.08. The van der Waals surface area contributed by atoms with Crippen molar-refractivity contribution in [3.8, 4) is 11.5 Å². The SMILES string of the molecule is C=CC(=O)N1CCC(Cc2cc3c(Nc4ccc(OCc5ccccn5)c(Cl)c4)ncnc3cc2OC)CC1. The first kappa shape index (κ1) is 26.4. The molecule has 4 aromatic rings. The third-order valence-corrected chi connectivity index (χ3v) is 7.24. The highest BCUT2D eigenvalue weighted by molar-refractivity contribution is 6.32. The lowest BCUT2D eigenvalue weighted by Crippen LogP contribution is -2.37. The predicted molar refractivity (Wildman–Crippen MR) is 153 cm³/mol. The van der Waals surface area contributed by atoms with Crippen molar-refractivity contribution in [1.29, 1.82) is 0 Å². The summed E-state index contributed by atoms with van der Waals surface area (Å²) in [5, 5.41) is 4.76. The molecule has 0 bridgehead atoms. The van der Waals surface area contributed by atoms with Crippen LogP contribution in [0.25, 0.3) is 10.9 Å². The number of likely N-dealkylation sites (tertiary alicyclic amines) is 1. The zero-order chi connectivity index (χ0) is 27.2. The van der Waals surface area contributed by atoms with E-state index in [4.69, 9.17) is 21.1 Å². The third-order valence-electron chi connectivity index (χ3n) is 6.94. The molecule has 0 aliphatic carbocycles. The number of rotatable bonds is 9. The first-order valence-corrected chi connectivity index (χ1v) is 13.2. The van der Waals surface area contributed by atoms with Gasteiger partial charge in [-0.05, 0) is 73.2 Å². The molecule has 0 atom stereocenters. The van der Waals surface area contributed by atoms with E-state index in [1.54, 1.807) is 13.3 Å². The van der Waals surface area contributed by atoms with Gasteiger partial charge in [0, 0.05) is 36.4 Å². The van der Waals surface area contributed by atoms with Gasteiger partial charge in [0.25, 0.3) is 0 Å². The van der Waals surface area contributed by atoms with E-state index in [-0.39, 0.29) is 5.91 Å². The number of hydrogen-bond donors (Lipinski definition) is 1. The number of methoxy groups -OCH3 is 1. The predicted octanol–water partition coefficient (Wildman–Crippen LogP) is 5.98. The quantitative estimate of drug-likeness (QED) is 0.260. The lowest BCUT2D eigenvalue weighted by molar-refractivity contribution is -0.127. The van der Waals surface area contributed by atoms with Gasteiger partial charge in [0.15, 0.2) is 0 Å². The number of pyridine rings is 1. The summed E-state index contributed by atoms with van der Waals surface area (Å²) in [4.78, 5) is 27.1. The molecule has 8 nitrogen and oxygen atoms in total. The number of ether oxygens (including phenoxy) is 2. The second-order valence-electron chi connectivity index (χ2n) is 9.46. The van der Waals surface area contributed by atoms with Gasteiger partial charge in [-0.15, -0.1) is 0 Å². The fourth-order valence-electron chi connectivity index (χ4n) is 4.84. The number of nitrogens with zero attached hydrogens (tertiary/aromatic N) is 4. The van der Waals surface area contributed by atoms with Crippen molar-refractivity contribution in [2.24, 2.45) is 5.92 Å². The summed E-state index contributed by atoms with van der Waals surface area (Å²) in [6, 6.07) is 15.3. The van der Waals surface area contributed by atoms with Crippen LogP contribution in [0.2, 0.25) is 5.02 Å². The van der Waals surface area contributed by atoms with E-state index >= 15 is 0 Å². The molecule has 1 N–H and O–H groups in total. The van der Waals surface area contributed by atoms with Crippen LogP contribution in [-0.4, -0.2) is 46.0 Å². The van der Waals surface area contributed by atoms with Crippen molar-refractivity contribution in [2.75, 3.05) is 25.5 Å². The van der Waals surface area contributed by atoms with E-state index in [1.165, 1.54) is 12.4 Å². The summed E-state index contributed by atoms with van der Waals surface area (Å²) in [5.41, 5.74) is 3.47. The molecule has 5 rings (SSSR count). The Balaban J connectivity index is 1.33. The standard InChI is InChI=1S/C30H30ClN5O3/c1-3-29(37)36-12-9-20(10-13-36)14-21-15-24-26(17-28(21)38-2)33-19-34-30(24)35-22-7-8-27(25(31)16-22)39-18-23-6-4-5-11-32-23/h3-8,11,15-17,19-20H,1,9-10,12-14,18H2,2H3,(H,33,34,35). The summed E-state index contributed by atoms with van der Waals surface area (Å²) in [6.07, 6.45) is 7.36. The number of benzene rings is 2. The van der Waals surface area contributed by atoms with Gasteiger partial charge in [0.1, 0.15) is 30.3 Å². The summed E-state index contributed by atoms with van der Waals surface area (Å²) in [7, 11) is 1.68. The minimum atomic E-state index is -0.00231. The van der Waals surface area contributed by atoms with Gasteiger partial charge in [-0.3, -0.25) is 9.78 Å². The second-order valence-corrected chi connectivity index (χ2v) is 9.87. The lowest BCUT2D eigenvalue weighted by Gasteiger charge is -2.31. The largest absolute Gasteiger partial charge is 0.496 e. The number of piperidine rings is 1. The maximum Gasteiger partial charge on any atom is 0.245 e. The maximum absolute atomic E-state index is 11.9. The second kappa shape index (κ2) is 12.1. The number of halogens is 1. The molecule has 1 amide bonds. The van der Waals surface area contributed by atoms with E-state index in [2.05, 4.69) is 32.9 Å². The molecule has 39 heavy (non-hydrogen) atoms. The van der Waals surface area contributed by atoms with Crippen LogP contribution in [-0.2, 0) is 17.8 Å². The molecule has 3 heterocycles. The summed E-state index contributed by atoms with van der Waals surface area (Å²) in [5.74, 6) is 2.50. The Morgan fingerprint density at radius 3 is 2.69 bits per heavy atom. The Kier molecular flexibility index (Phi) is 8.22. The highest BCUT2D eigenvalue weighted by atomic mass is 35.5. The molecule has 200 valence electrons. The first-order valence-electron chi connectivity index (χ1n) is 12.9. The van der Waals surface area contributed by atoms with Gasteiger partial charge >= 0.3 is 0 Å². The summed E-state index contributed by atoms with van der Waals surface area (Å²) < 4.78 is 11.6. The number of nitrogens with one attached hydrogen (secondary N) is 1. The van der Waals surface area contributed by atoms with Crippen molar-refractivity contribution in [2.45, 2.75) is 25.9 Å². The topological polar surface area (TPSA) is 89.5 Å². The van der Waals surface area contributed by atoms with E-state index in [0.29, 0.717) is 29.1 Å². The lowest BCUT2D eigenvalue weighted by atomic mass is 9.89. The molecule has 0 saturated carbocycles. The minimum Gasteiger partial charge on any atom is -0.496 e. The molecule has 0 unspecified atom stereocenters. The number of hydrogen-bond acceptors (Lipinski definition) is 7. The van der Waals surface area contributed by atoms with Gasteiger partial charge in [-0.2, -0.15) is 0 Å². The van der Waals surface area contributed by atoms with E-state index < -0.39 is 0 Å². The first-order chi connectivity index (χ1) is 19.0. The highest BCUT2D eigenvalue weighted by Gasteiger charge is 2.23. The zero-order valence-electron chi connectivity index (χ0n) is 21.8. The van der Waals surface area contributed by atoms with Gasteiger partial charge in [0.05, 0.1) is 23.3 Å². The van der Waals surface area contributed by atoms with Gasteiger partial charge in [-0.25, -0.2) is 9.97 Å². The molecule has 0 spiro atoms. The number of amides is 1. The summed E-state index contributed by atoms with van der Waals surface area (Å²) in [6.45, 7) is 5.41. The van der Waals surface area contributed by atoms with Crippen molar-refractivity contribution < 1.29 is 14.3 Å². The number of carbonyl (C=O) groups excluding carboxylic acids is 1. The zero-order valence-corrected chi connectivity index (χ0v) is 22.5. The molecular weight excluding hydrogens is 514 g/mol. The monoisotopic (exact) mass is 543 g/mol. The van der Waals surface area contributed by atoms with E-state index in [9.17, 15) is 4.79 Å². The minimum absolute atomic E-state index is 0.00231. The fraction of sp³-hybridized carbons (Fsp3) is 0.267. The Morgan fingerprint density at radius 2 is 1.97 bits per heavy atom. The number of aromatic nitrogens is 3. The number of carbonyl (C=O) groups is 1. The maximum atomic E-state index is 11.9. The Bertz CT molecular complexity index is 1470. The average Bonchev–Trinajstić information content (AvgIpc) is 2.97. The van der Waals surface area contributed by atoms with Crippen LogP contribution in [0.3, 0.4) is 0 Å².